The number of hydrogen-bond acceptors (Lipinski definition) is 2. The van der Waals surface area contributed by atoms with Crippen LogP contribution in [0.15, 0.2) is 28.7 Å². The van der Waals surface area contributed by atoms with Crippen LogP contribution in [0.3, 0.4) is 0 Å². The number of hydrogen-bond donors (Lipinski definition) is 1. The Kier molecular flexibility index (Phi) is 2.63. The van der Waals surface area contributed by atoms with Crippen LogP contribution in [0.2, 0.25) is 5.15 Å². The molecule has 2 aromatic rings. The molecule has 0 radical (unpaired) electrons. The molecule has 2 rings (SSSR count). The Hall–Kier alpha value is -1.13. The van der Waals surface area contributed by atoms with E-state index in [4.69, 9.17) is 16.7 Å². The number of aromatic nitrogens is 1. The van der Waals surface area contributed by atoms with Gasteiger partial charge in [-0.2, -0.15) is 0 Å². The van der Waals surface area contributed by atoms with Gasteiger partial charge in [0.05, 0.1) is 11.1 Å². The molecule has 0 saturated carbocycles. The number of benzene rings is 1. The van der Waals surface area contributed by atoms with E-state index in [2.05, 4.69) is 20.9 Å². The zero-order valence-electron chi connectivity index (χ0n) is 7.37. The van der Waals surface area contributed by atoms with Gasteiger partial charge in [0.25, 0.3) is 0 Å². The second kappa shape index (κ2) is 3.79. The van der Waals surface area contributed by atoms with E-state index in [0.29, 0.717) is 5.52 Å². The highest BCUT2D eigenvalue weighted by Crippen LogP contribution is 2.23. The SMILES string of the molecule is O=C(O)c1cc2cc(Br)ccc2nc1Cl. The van der Waals surface area contributed by atoms with Gasteiger partial charge in [-0.15, -0.1) is 0 Å². The summed E-state index contributed by atoms with van der Waals surface area (Å²) in [5.74, 6) is -1.07. The van der Waals surface area contributed by atoms with E-state index in [1.54, 1.807) is 12.1 Å². The Balaban J connectivity index is 2.77. The van der Waals surface area contributed by atoms with Crippen molar-refractivity contribution in [1.29, 1.82) is 0 Å². The fraction of sp³-hybridized carbons (Fsp3) is 0. The van der Waals surface area contributed by atoms with Crippen molar-refractivity contribution in [3.8, 4) is 0 Å². The minimum Gasteiger partial charge on any atom is -0.478 e. The third-order valence-corrected chi connectivity index (χ3v) is 2.74. The van der Waals surface area contributed by atoms with Crippen LogP contribution in [0, 0.1) is 0 Å². The lowest BCUT2D eigenvalue weighted by molar-refractivity contribution is 0.0697. The molecular weight excluding hydrogens is 281 g/mol. The molecule has 0 spiro atoms. The maximum absolute atomic E-state index is 10.8. The van der Waals surface area contributed by atoms with E-state index in [-0.39, 0.29) is 10.7 Å². The molecule has 1 heterocycles. The van der Waals surface area contributed by atoms with Gasteiger partial charge in [0.15, 0.2) is 0 Å². The van der Waals surface area contributed by atoms with E-state index in [0.717, 1.165) is 9.86 Å². The minimum atomic E-state index is -1.07. The highest BCUT2D eigenvalue weighted by atomic mass is 79.9. The monoisotopic (exact) mass is 285 g/mol. The largest absolute Gasteiger partial charge is 0.478 e. The average molecular weight is 287 g/mol. The second-order valence-corrected chi connectivity index (χ2v) is 4.24. The Bertz CT molecular complexity index is 556. The molecule has 1 aromatic heterocycles. The van der Waals surface area contributed by atoms with E-state index in [9.17, 15) is 4.79 Å². The van der Waals surface area contributed by atoms with Crippen molar-refractivity contribution in [2.45, 2.75) is 0 Å². The summed E-state index contributed by atoms with van der Waals surface area (Å²) in [7, 11) is 0. The molecule has 0 aliphatic carbocycles. The van der Waals surface area contributed by atoms with Crippen LogP contribution in [0.25, 0.3) is 10.9 Å². The molecule has 15 heavy (non-hydrogen) atoms. The standard InChI is InChI=1S/C10H5BrClNO2/c11-6-1-2-8-5(3-6)4-7(10(14)15)9(12)13-8/h1-4H,(H,14,15). The topological polar surface area (TPSA) is 50.2 Å². The van der Waals surface area contributed by atoms with Crippen molar-refractivity contribution in [3.05, 3.63) is 39.5 Å². The van der Waals surface area contributed by atoms with Crippen molar-refractivity contribution in [1.82, 2.24) is 4.98 Å². The summed E-state index contributed by atoms with van der Waals surface area (Å²) < 4.78 is 0.871. The molecule has 0 bridgehead atoms. The summed E-state index contributed by atoms with van der Waals surface area (Å²) in [6.07, 6.45) is 0. The van der Waals surface area contributed by atoms with E-state index >= 15 is 0 Å². The van der Waals surface area contributed by atoms with Crippen LogP contribution >= 0.6 is 27.5 Å². The third kappa shape index (κ3) is 1.96. The second-order valence-electron chi connectivity index (χ2n) is 2.97. The molecule has 0 unspecified atom stereocenters. The Morgan fingerprint density at radius 2 is 2.13 bits per heavy atom. The number of aromatic carboxylic acids is 1. The number of carboxylic acids is 1. The van der Waals surface area contributed by atoms with Crippen LogP contribution in [0.5, 0.6) is 0 Å². The molecule has 3 nitrogen and oxygen atoms in total. The average Bonchev–Trinajstić information content (AvgIpc) is 2.17. The summed E-state index contributed by atoms with van der Waals surface area (Å²) >= 11 is 9.04. The highest BCUT2D eigenvalue weighted by Gasteiger charge is 2.11. The maximum atomic E-state index is 10.8. The lowest BCUT2D eigenvalue weighted by atomic mass is 10.1. The first kappa shape index (κ1) is 10.4. The number of nitrogens with zero attached hydrogens (tertiary/aromatic N) is 1. The van der Waals surface area contributed by atoms with E-state index < -0.39 is 5.97 Å². The zero-order chi connectivity index (χ0) is 11.0. The Labute approximate surface area is 98.8 Å². The number of fused-ring (bicyclic) bond motifs is 1. The zero-order valence-corrected chi connectivity index (χ0v) is 9.71. The Morgan fingerprint density at radius 1 is 1.40 bits per heavy atom. The van der Waals surface area contributed by atoms with Gasteiger partial charge in [0.1, 0.15) is 5.15 Å². The fourth-order valence-electron chi connectivity index (χ4n) is 1.27. The molecular formula is C10H5BrClNO2. The Morgan fingerprint density at radius 3 is 2.80 bits per heavy atom. The molecule has 5 heteroatoms. The normalized spacial score (nSPS) is 10.5. The number of carbonyl (C=O) groups is 1. The summed E-state index contributed by atoms with van der Waals surface area (Å²) in [5.41, 5.74) is 0.690. The highest BCUT2D eigenvalue weighted by molar-refractivity contribution is 9.10. The fourth-order valence-corrected chi connectivity index (χ4v) is 1.88. The predicted molar refractivity (Wildman–Crippen MR) is 61.4 cm³/mol. The number of halogens is 2. The summed E-state index contributed by atoms with van der Waals surface area (Å²) in [4.78, 5) is 14.8. The van der Waals surface area contributed by atoms with Gasteiger partial charge in [-0.1, -0.05) is 27.5 Å². The summed E-state index contributed by atoms with van der Waals surface area (Å²) in [5, 5.41) is 9.61. The first-order valence-corrected chi connectivity index (χ1v) is 5.24. The van der Waals surface area contributed by atoms with Crippen molar-refractivity contribution < 1.29 is 9.90 Å². The number of rotatable bonds is 1. The first-order chi connectivity index (χ1) is 7.08. The lowest BCUT2D eigenvalue weighted by Crippen LogP contribution is -1.99. The number of pyridine rings is 1. The summed E-state index contributed by atoms with van der Waals surface area (Å²) in [6.45, 7) is 0. The molecule has 1 aromatic carbocycles. The predicted octanol–water partition coefficient (Wildman–Crippen LogP) is 3.35. The van der Waals surface area contributed by atoms with Crippen molar-refractivity contribution >= 4 is 44.4 Å². The first-order valence-electron chi connectivity index (χ1n) is 4.07. The molecule has 0 amide bonds. The molecule has 76 valence electrons. The van der Waals surface area contributed by atoms with Crippen LogP contribution in [-0.4, -0.2) is 16.1 Å². The van der Waals surface area contributed by atoms with Gasteiger partial charge in [0.2, 0.25) is 0 Å². The van der Waals surface area contributed by atoms with Crippen molar-refractivity contribution in [3.63, 3.8) is 0 Å². The van der Waals surface area contributed by atoms with Gasteiger partial charge in [-0.05, 0) is 24.3 Å². The smallest absolute Gasteiger partial charge is 0.338 e. The van der Waals surface area contributed by atoms with E-state index in [1.165, 1.54) is 6.07 Å². The minimum absolute atomic E-state index is 0.0114. The van der Waals surface area contributed by atoms with Gasteiger partial charge >= 0.3 is 5.97 Å². The van der Waals surface area contributed by atoms with Crippen molar-refractivity contribution in [2.24, 2.45) is 0 Å². The van der Waals surface area contributed by atoms with Crippen LogP contribution in [-0.2, 0) is 0 Å². The molecule has 0 saturated heterocycles. The van der Waals surface area contributed by atoms with Gasteiger partial charge in [0, 0.05) is 9.86 Å². The summed E-state index contributed by atoms with van der Waals surface area (Å²) in [6, 6.07) is 6.91. The van der Waals surface area contributed by atoms with Crippen LogP contribution in [0.1, 0.15) is 10.4 Å². The van der Waals surface area contributed by atoms with Crippen molar-refractivity contribution in [2.75, 3.05) is 0 Å². The molecule has 0 aliphatic rings. The van der Waals surface area contributed by atoms with Gasteiger partial charge < -0.3 is 5.11 Å². The quantitative estimate of drug-likeness (QED) is 0.818. The third-order valence-electron chi connectivity index (χ3n) is 1.96. The van der Waals surface area contributed by atoms with Crippen LogP contribution in [0.4, 0.5) is 0 Å². The van der Waals surface area contributed by atoms with Crippen LogP contribution < -0.4 is 0 Å². The van der Waals surface area contributed by atoms with Gasteiger partial charge in [-0.25, -0.2) is 9.78 Å². The molecule has 1 N–H and O–H groups in total. The van der Waals surface area contributed by atoms with E-state index in [1.807, 2.05) is 6.07 Å². The van der Waals surface area contributed by atoms with Gasteiger partial charge in [-0.3, -0.25) is 0 Å². The molecule has 0 fully saturated rings. The maximum Gasteiger partial charge on any atom is 0.338 e. The molecule has 0 atom stereocenters. The number of carboxylic acid groups (broad SMARTS) is 1. The lowest BCUT2D eigenvalue weighted by Gasteiger charge is -2.02. The molecule has 0 aliphatic heterocycles.